The fourth-order valence-corrected chi connectivity index (χ4v) is 3.02. The van der Waals surface area contributed by atoms with Crippen LogP contribution in [-0.2, 0) is 9.59 Å². The van der Waals surface area contributed by atoms with E-state index < -0.39 is 0 Å². The molecule has 1 atom stereocenters. The van der Waals surface area contributed by atoms with E-state index in [-0.39, 0.29) is 29.3 Å². The molecule has 0 spiro atoms. The van der Waals surface area contributed by atoms with Gasteiger partial charge in [-0.25, -0.2) is 0 Å². The molecule has 5 heteroatoms. The van der Waals surface area contributed by atoms with Gasteiger partial charge in [0.1, 0.15) is 0 Å². The minimum absolute atomic E-state index is 0.0243. The Bertz CT molecular complexity index is 367. The van der Waals surface area contributed by atoms with Gasteiger partial charge in [-0.2, -0.15) is 0 Å². The summed E-state index contributed by atoms with van der Waals surface area (Å²) in [5, 5.41) is 6.39. The summed E-state index contributed by atoms with van der Waals surface area (Å²) < 4.78 is 0. The Morgan fingerprint density at radius 2 is 1.95 bits per heavy atom. The number of hydrogen-bond donors (Lipinski definition) is 2. The lowest BCUT2D eigenvalue weighted by Gasteiger charge is -2.37. The molecule has 0 bridgehead atoms. The Hall–Kier alpha value is -1.10. The van der Waals surface area contributed by atoms with E-state index in [1.54, 1.807) is 0 Å². The molecule has 1 unspecified atom stereocenters. The summed E-state index contributed by atoms with van der Waals surface area (Å²) in [5.41, 5.74) is -0.367. The smallest absolute Gasteiger partial charge is 0.242 e. The van der Waals surface area contributed by atoms with E-state index in [2.05, 4.69) is 10.6 Å². The van der Waals surface area contributed by atoms with Crippen molar-refractivity contribution in [2.24, 2.45) is 5.92 Å². The molecule has 114 valence electrons. The monoisotopic (exact) mass is 281 g/mol. The average Bonchev–Trinajstić information content (AvgIpc) is 2.87. The molecule has 0 radical (unpaired) electrons. The van der Waals surface area contributed by atoms with E-state index in [1.807, 2.05) is 25.7 Å². The third-order valence-corrected chi connectivity index (χ3v) is 4.49. The highest BCUT2D eigenvalue weighted by molar-refractivity contribution is 5.86. The summed E-state index contributed by atoms with van der Waals surface area (Å²) in [6, 6.07) is 0.221. The maximum absolute atomic E-state index is 12.5. The lowest BCUT2D eigenvalue weighted by atomic mass is 9.96. The molecule has 0 aromatic heterocycles. The van der Waals surface area contributed by atoms with E-state index in [4.69, 9.17) is 0 Å². The minimum Gasteiger partial charge on any atom is -0.353 e. The topological polar surface area (TPSA) is 61.4 Å². The molecular weight excluding hydrogens is 254 g/mol. The Labute approximate surface area is 121 Å². The van der Waals surface area contributed by atoms with E-state index in [1.165, 1.54) is 0 Å². The van der Waals surface area contributed by atoms with Crippen LogP contribution < -0.4 is 10.6 Å². The van der Waals surface area contributed by atoms with Gasteiger partial charge in [-0.1, -0.05) is 13.8 Å². The van der Waals surface area contributed by atoms with Crippen molar-refractivity contribution in [3.05, 3.63) is 0 Å². The van der Waals surface area contributed by atoms with Crippen LogP contribution >= 0.6 is 0 Å². The summed E-state index contributed by atoms with van der Waals surface area (Å²) in [5.74, 6) is 0.360. The van der Waals surface area contributed by atoms with Crippen molar-refractivity contribution in [1.29, 1.82) is 0 Å². The van der Waals surface area contributed by atoms with Gasteiger partial charge in [0.15, 0.2) is 0 Å². The summed E-state index contributed by atoms with van der Waals surface area (Å²) in [4.78, 5) is 26.2. The highest BCUT2D eigenvalue weighted by Crippen LogP contribution is 2.23. The van der Waals surface area contributed by atoms with Crippen molar-refractivity contribution in [1.82, 2.24) is 15.5 Å². The van der Waals surface area contributed by atoms with Crippen LogP contribution in [0.3, 0.4) is 0 Å². The van der Waals surface area contributed by atoms with E-state index >= 15 is 0 Å². The summed E-state index contributed by atoms with van der Waals surface area (Å²) in [6.07, 6.45) is 3.72. The highest BCUT2D eigenvalue weighted by atomic mass is 16.2. The van der Waals surface area contributed by atoms with Crippen molar-refractivity contribution in [2.75, 3.05) is 19.6 Å². The molecular formula is C15H27N3O2. The summed E-state index contributed by atoms with van der Waals surface area (Å²) in [6.45, 7) is 8.25. The lowest BCUT2D eigenvalue weighted by Crippen LogP contribution is -2.56. The van der Waals surface area contributed by atoms with E-state index in [0.717, 1.165) is 45.3 Å². The molecule has 0 aromatic carbocycles. The second-order valence-corrected chi connectivity index (χ2v) is 6.59. The quantitative estimate of drug-likeness (QED) is 0.808. The SMILES string of the molecule is CC(C)C(=O)NC1CCN(C(=O)C2(C)CCCN2)CC1. The number of piperidine rings is 1. The third-order valence-electron chi connectivity index (χ3n) is 4.49. The molecule has 2 N–H and O–H groups in total. The molecule has 0 saturated carbocycles. The predicted molar refractivity (Wildman–Crippen MR) is 78.2 cm³/mol. The zero-order valence-corrected chi connectivity index (χ0v) is 12.9. The first-order valence-corrected chi connectivity index (χ1v) is 7.77. The van der Waals surface area contributed by atoms with Crippen LogP contribution in [0.25, 0.3) is 0 Å². The van der Waals surface area contributed by atoms with Gasteiger partial charge in [-0.3, -0.25) is 9.59 Å². The standard InChI is InChI=1S/C15H27N3O2/c1-11(2)13(19)17-12-5-9-18(10-6-12)14(20)15(3)7-4-8-16-15/h11-12,16H,4-10H2,1-3H3,(H,17,19). The Balaban J connectivity index is 1.82. The molecule has 0 aliphatic carbocycles. The number of carbonyl (C=O) groups is 2. The predicted octanol–water partition coefficient (Wildman–Crippen LogP) is 0.892. The van der Waals surface area contributed by atoms with Gasteiger partial charge >= 0.3 is 0 Å². The van der Waals surface area contributed by atoms with E-state index in [0.29, 0.717) is 0 Å². The largest absolute Gasteiger partial charge is 0.353 e. The molecule has 2 fully saturated rings. The van der Waals surface area contributed by atoms with Crippen LogP contribution in [0.15, 0.2) is 0 Å². The van der Waals surface area contributed by atoms with Crippen molar-refractivity contribution in [3.63, 3.8) is 0 Å². The van der Waals surface area contributed by atoms with Crippen LogP contribution in [0, 0.1) is 5.92 Å². The molecule has 2 amide bonds. The fourth-order valence-electron chi connectivity index (χ4n) is 3.02. The van der Waals surface area contributed by atoms with Gasteiger partial charge in [-0.05, 0) is 39.2 Å². The molecule has 2 heterocycles. The summed E-state index contributed by atoms with van der Waals surface area (Å²) >= 11 is 0. The second-order valence-electron chi connectivity index (χ2n) is 6.59. The van der Waals surface area contributed by atoms with Crippen LogP contribution in [-0.4, -0.2) is 47.9 Å². The molecule has 2 saturated heterocycles. The number of carbonyl (C=O) groups excluding carboxylic acids is 2. The fraction of sp³-hybridized carbons (Fsp3) is 0.867. The zero-order chi connectivity index (χ0) is 14.8. The number of likely N-dealkylation sites (tertiary alicyclic amines) is 1. The maximum atomic E-state index is 12.5. The van der Waals surface area contributed by atoms with Gasteiger partial charge in [-0.15, -0.1) is 0 Å². The van der Waals surface area contributed by atoms with Crippen LogP contribution in [0.2, 0.25) is 0 Å². The highest BCUT2D eigenvalue weighted by Gasteiger charge is 2.39. The first-order chi connectivity index (χ1) is 9.42. The Kier molecular flexibility index (Phi) is 4.68. The van der Waals surface area contributed by atoms with Crippen LogP contribution in [0.4, 0.5) is 0 Å². The Morgan fingerprint density at radius 3 is 2.45 bits per heavy atom. The molecule has 20 heavy (non-hydrogen) atoms. The first-order valence-electron chi connectivity index (χ1n) is 7.77. The number of amides is 2. The number of rotatable bonds is 3. The number of nitrogens with one attached hydrogen (secondary N) is 2. The lowest BCUT2D eigenvalue weighted by molar-refractivity contribution is -0.138. The first kappa shape index (κ1) is 15.3. The van der Waals surface area contributed by atoms with Gasteiger partial charge < -0.3 is 15.5 Å². The summed E-state index contributed by atoms with van der Waals surface area (Å²) in [7, 11) is 0. The molecule has 2 aliphatic heterocycles. The minimum atomic E-state index is -0.367. The second kappa shape index (κ2) is 6.12. The van der Waals surface area contributed by atoms with Gasteiger partial charge in [0, 0.05) is 25.0 Å². The van der Waals surface area contributed by atoms with Gasteiger partial charge in [0.05, 0.1) is 5.54 Å². The number of hydrogen-bond acceptors (Lipinski definition) is 3. The maximum Gasteiger partial charge on any atom is 0.242 e. The van der Waals surface area contributed by atoms with E-state index in [9.17, 15) is 9.59 Å². The van der Waals surface area contributed by atoms with Crippen molar-refractivity contribution in [3.8, 4) is 0 Å². The van der Waals surface area contributed by atoms with Crippen LogP contribution in [0.1, 0.15) is 46.5 Å². The van der Waals surface area contributed by atoms with Gasteiger partial charge in [0.2, 0.25) is 11.8 Å². The molecule has 2 rings (SSSR count). The Morgan fingerprint density at radius 1 is 1.30 bits per heavy atom. The van der Waals surface area contributed by atoms with Crippen molar-refractivity contribution >= 4 is 11.8 Å². The number of nitrogens with zero attached hydrogens (tertiary/aromatic N) is 1. The average molecular weight is 281 g/mol. The molecule has 2 aliphatic rings. The third kappa shape index (κ3) is 3.32. The zero-order valence-electron chi connectivity index (χ0n) is 12.9. The normalized spacial score (nSPS) is 27.9. The molecule has 0 aromatic rings. The van der Waals surface area contributed by atoms with Crippen molar-refractivity contribution in [2.45, 2.75) is 58.0 Å². The van der Waals surface area contributed by atoms with Crippen LogP contribution in [0.5, 0.6) is 0 Å². The van der Waals surface area contributed by atoms with Gasteiger partial charge in [0.25, 0.3) is 0 Å². The van der Waals surface area contributed by atoms with Crippen molar-refractivity contribution < 1.29 is 9.59 Å². The molecule has 5 nitrogen and oxygen atoms in total.